The number of hydrogen-bond donors (Lipinski definition) is 0. The topological polar surface area (TPSA) is 87.9 Å². The van der Waals surface area contributed by atoms with Gasteiger partial charge < -0.3 is 14.2 Å². The van der Waals surface area contributed by atoms with Crippen LogP contribution in [-0.4, -0.2) is 50.7 Å². The Balaban J connectivity index is 3.26. The number of benzene rings is 1. The third kappa shape index (κ3) is 5.31. The number of nitrogens with zero attached hydrogens (tertiary/aromatic N) is 1. The summed E-state index contributed by atoms with van der Waals surface area (Å²) in [7, 11) is 0. The molecule has 0 atom stereocenters. The van der Waals surface area contributed by atoms with Crippen LogP contribution in [0.3, 0.4) is 0 Å². The molecule has 1 aromatic carbocycles. The Bertz CT molecular complexity index is 555. The van der Waals surface area contributed by atoms with Gasteiger partial charge in [0, 0.05) is 6.07 Å². The van der Waals surface area contributed by atoms with E-state index in [2.05, 4.69) is 4.74 Å². The third-order valence-electron chi connectivity index (χ3n) is 2.44. The second-order valence-electron chi connectivity index (χ2n) is 3.98. The maximum atomic E-state index is 12.3. The lowest BCUT2D eigenvalue weighted by Crippen LogP contribution is -2.11. The van der Waals surface area contributed by atoms with Gasteiger partial charge in [-0.15, -0.1) is 0 Å². The van der Waals surface area contributed by atoms with Gasteiger partial charge in [-0.1, -0.05) is 0 Å². The van der Waals surface area contributed by atoms with Crippen molar-refractivity contribution in [1.29, 1.82) is 0 Å². The molecule has 128 valence electrons. The van der Waals surface area contributed by atoms with E-state index in [1.165, 1.54) is 0 Å². The first kappa shape index (κ1) is 18.5. The van der Waals surface area contributed by atoms with Gasteiger partial charge in [-0.05, 0) is 6.07 Å². The maximum absolute atomic E-state index is 12.3. The number of alkyl halides is 3. The molecular weight excluding hydrogens is 323 g/mol. The molecule has 0 unspecified atom stereocenters. The summed E-state index contributed by atoms with van der Waals surface area (Å²) >= 11 is 0. The first-order valence-corrected chi connectivity index (χ1v) is 6.48. The molecule has 7 nitrogen and oxygen atoms in total. The first-order valence-electron chi connectivity index (χ1n) is 6.48. The molecule has 0 spiro atoms. The van der Waals surface area contributed by atoms with Crippen molar-refractivity contribution in [2.45, 2.75) is 0 Å². The van der Waals surface area contributed by atoms with Crippen LogP contribution in [-0.2, 0) is 4.74 Å². The van der Waals surface area contributed by atoms with Gasteiger partial charge >= 0.3 is 11.7 Å². The molecule has 10 heteroatoms. The smallest absolute Gasteiger partial charge is 0.338 e. The minimum atomic E-state index is -1.02. The van der Waals surface area contributed by atoms with E-state index in [1.54, 1.807) is 0 Å². The summed E-state index contributed by atoms with van der Waals surface area (Å²) in [6, 6.07) is 1.85. The quantitative estimate of drug-likeness (QED) is 0.370. The largest absolute Gasteiger partial charge is 0.487 e. The van der Waals surface area contributed by atoms with E-state index >= 15 is 0 Å². The van der Waals surface area contributed by atoms with Gasteiger partial charge in [0.05, 0.1) is 10.5 Å². The summed E-state index contributed by atoms with van der Waals surface area (Å²) in [5, 5.41) is 11.1. The fourth-order valence-electron chi connectivity index (χ4n) is 1.60. The Hall–Kier alpha value is -2.52. The van der Waals surface area contributed by atoms with Gasteiger partial charge in [0.2, 0.25) is 5.75 Å². The number of rotatable bonds is 10. The molecule has 0 bridgehead atoms. The summed E-state index contributed by atoms with van der Waals surface area (Å²) in [6.07, 6.45) is 0. The van der Waals surface area contributed by atoms with E-state index in [0.29, 0.717) is 0 Å². The van der Waals surface area contributed by atoms with Crippen LogP contribution in [0.2, 0.25) is 0 Å². The fourth-order valence-corrected chi connectivity index (χ4v) is 1.60. The monoisotopic (exact) mass is 337 g/mol. The lowest BCUT2D eigenvalue weighted by molar-refractivity contribution is -0.386. The molecule has 0 aromatic heterocycles. The predicted molar refractivity (Wildman–Crippen MR) is 72.3 cm³/mol. The number of halogens is 3. The Morgan fingerprint density at radius 3 is 2.22 bits per heavy atom. The van der Waals surface area contributed by atoms with Gasteiger partial charge in [0.25, 0.3) is 0 Å². The lowest BCUT2D eigenvalue weighted by Gasteiger charge is -2.13. The predicted octanol–water partition coefficient (Wildman–Crippen LogP) is 2.42. The number of hydrogen-bond acceptors (Lipinski definition) is 6. The van der Waals surface area contributed by atoms with Crippen molar-refractivity contribution >= 4 is 11.7 Å². The van der Waals surface area contributed by atoms with Crippen molar-refractivity contribution in [2.75, 3.05) is 39.8 Å². The second kappa shape index (κ2) is 9.49. The van der Waals surface area contributed by atoms with Crippen LogP contribution < -0.4 is 9.47 Å². The molecule has 1 rings (SSSR count). The van der Waals surface area contributed by atoms with E-state index in [1.807, 2.05) is 0 Å². The molecule has 1 aromatic rings. The summed E-state index contributed by atoms with van der Waals surface area (Å²) in [5.41, 5.74) is -0.978. The zero-order chi connectivity index (χ0) is 17.2. The van der Waals surface area contributed by atoms with Crippen LogP contribution in [0.5, 0.6) is 11.5 Å². The standard InChI is InChI=1S/C13H14F3NO6/c14-1-4-21-11-8-9(13(18)23-6-3-16)7-10(17(19)20)12(11)22-5-2-15/h7-8H,1-6H2. The van der Waals surface area contributed by atoms with Crippen molar-refractivity contribution in [3.63, 3.8) is 0 Å². The SMILES string of the molecule is O=C(OCCF)c1cc(OCCF)c(OCCF)c([N+](=O)[O-])c1. The van der Waals surface area contributed by atoms with Crippen LogP contribution in [0.4, 0.5) is 18.9 Å². The van der Waals surface area contributed by atoms with E-state index in [-0.39, 0.29) is 11.3 Å². The van der Waals surface area contributed by atoms with Gasteiger partial charge in [-0.2, -0.15) is 0 Å². The molecule has 0 saturated heterocycles. The fraction of sp³-hybridized carbons (Fsp3) is 0.462. The van der Waals surface area contributed by atoms with Crippen molar-refractivity contribution in [1.82, 2.24) is 0 Å². The van der Waals surface area contributed by atoms with Crippen LogP contribution in [0, 0.1) is 10.1 Å². The lowest BCUT2D eigenvalue weighted by atomic mass is 10.1. The number of esters is 1. The molecular formula is C13H14F3NO6. The summed E-state index contributed by atoms with van der Waals surface area (Å²) in [6.45, 7) is -4.19. The molecule has 0 aliphatic carbocycles. The zero-order valence-electron chi connectivity index (χ0n) is 11.9. The molecule has 0 N–H and O–H groups in total. The number of nitro benzene ring substituents is 1. The minimum absolute atomic E-state index is 0.299. The van der Waals surface area contributed by atoms with Gasteiger partial charge in [-0.3, -0.25) is 10.1 Å². The van der Waals surface area contributed by atoms with Crippen molar-refractivity contribution in [2.24, 2.45) is 0 Å². The molecule has 0 radical (unpaired) electrons. The average Bonchev–Trinajstić information content (AvgIpc) is 2.55. The number of carbonyl (C=O) groups excluding carboxylic acids is 1. The Morgan fingerprint density at radius 2 is 1.65 bits per heavy atom. The molecule has 0 heterocycles. The Labute approximate surface area is 129 Å². The minimum Gasteiger partial charge on any atom is -0.487 e. The molecule has 0 aliphatic heterocycles. The number of carbonyl (C=O) groups is 1. The summed E-state index contributed by atoms with van der Waals surface area (Å²) in [5.74, 6) is -1.76. The van der Waals surface area contributed by atoms with Crippen LogP contribution in [0.25, 0.3) is 0 Å². The molecule has 0 amide bonds. The zero-order valence-corrected chi connectivity index (χ0v) is 11.9. The molecule has 23 heavy (non-hydrogen) atoms. The van der Waals surface area contributed by atoms with Crippen molar-refractivity contribution in [3.8, 4) is 11.5 Å². The van der Waals surface area contributed by atoms with E-state index in [4.69, 9.17) is 9.47 Å². The van der Waals surface area contributed by atoms with Crippen LogP contribution >= 0.6 is 0 Å². The molecule has 0 aliphatic rings. The Morgan fingerprint density at radius 1 is 1.04 bits per heavy atom. The van der Waals surface area contributed by atoms with Crippen LogP contribution in [0.1, 0.15) is 10.4 Å². The number of nitro groups is 1. The molecule has 0 saturated carbocycles. The van der Waals surface area contributed by atoms with Crippen LogP contribution in [0.15, 0.2) is 12.1 Å². The summed E-state index contributed by atoms with van der Waals surface area (Å²) in [4.78, 5) is 21.9. The number of ether oxygens (including phenoxy) is 3. The van der Waals surface area contributed by atoms with E-state index < -0.39 is 62.2 Å². The van der Waals surface area contributed by atoms with Crippen molar-refractivity contribution < 1.29 is 37.1 Å². The van der Waals surface area contributed by atoms with Gasteiger partial charge in [-0.25, -0.2) is 18.0 Å². The highest BCUT2D eigenvalue weighted by Crippen LogP contribution is 2.38. The van der Waals surface area contributed by atoms with E-state index in [0.717, 1.165) is 12.1 Å². The van der Waals surface area contributed by atoms with E-state index in [9.17, 15) is 28.1 Å². The highest BCUT2D eigenvalue weighted by Gasteiger charge is 2.25. The van der Waals surface area contributed by atoms with Crippen molar-refractivity contribution in [3.05, 3.63) is 27.8 Å². The van der Waals surface area contributed by atoms with Gasteiger partial charge in [0.15, 0.2) is 5.75 Å². The highest BCUT2D eigenvalue weighted by molar-refractivity contribution is 5.91. The normalized spacial score (nSPS) is 10.2. The van der Waals surface area contributed by atoms with Gasteiger partial charge in [0.1, 0.15) is 39.8 Å². The summed E-state index contributed by atoms with van der Waals surface area (Å²) < 4.78 is 50.9. The first-order chi connectivity index (χ1) is 11.0. The third-order valence-corrected chi connectivity index (χ3v) is 2.44. The second-order valence-corrected chi connectivity index (χ2v) is 3.98. The highest BCUT2D eigenvalue weighted by atomic mass is 19.1. The Kier molecular flexibility index (Phi) is 7.64. The average molecular weight is 337 g/mol. The maximum Gasteiger partial charge on any atom is 0.338 e. The molecule has 0 fully saturated rings.